The number of carbonyl (C=O) groups is 1. The van der Waals surface area contributed by atoms with Crippen molar-refractivity contribution in [3.8, 4) is 6.07 Å². The van der Waals surface area contributed by atoms with E-state index in [4.69, 9.17) is 10.5 Å². The number of halogens is 1. The summed E-state index contributed by atoms with van der Waals surface area (Å²) in [5, 5.41) is 10.5. The summed E-state index contributed by atoms with van der Waals surface area (Å²) in [5.74, 6) is -0.878. The van der Waals surface area contributed by atoms with Gasteiger partial charge in [0.15, 0.2) is 0 Å². The molecule has 0 atom stereocenters. The number of benzene rings is 1. The first kappa shape index (κ1) is 19.2. The first-order valence-corrected chi connectivity index (χ1v) is 10.1. The second-order valence-electron chi connectivity index (χ2n) is 6.89. The number of aromatic nitrogens is 1. The number of rotatable bonds is 3. The lowest BCUT2D eigenvalue weighted by Crippen LogP contribution is -2.31. The van der Waals surface area contributed by atoms with Gasteiger partial charge in [0.1, 0.15) is 22.5 Å². The third-order valence-corrected chi connectivity index (χ3v) is 6.15. The van der Waals surface area contributed by atoms with Crippen LogP contribution in [0.2, 0.25) is 0 Å². The van der Waals surface area contributed by atoms with Crippen LogP contribution in [0, 0.1) is 24.1 Å². The maximum absolute atomic E-state index is 14.3. The molecule has 6 nitrogen and oxygen atoms in total. The van der Waals surface area contributed by atoms with E-state index in [0.717, 1.165) is 10.4 Å². The van der Waals surface area contributed by atoms with Gasteiger partial charge >= 0.3 is 5.97 Å². The zero-order valence-corrected chi connectivity index (χ0v) is 16.9. The Kier molecular flexibility index (Phi) is 4.84. The van der Waals surface area contributed by atoms with Crippen LogP contribution in [-0.4, -0.2) is 24.1 Å². The number of aryl methyl sites for hydroxylation is 1. The standard InChI is InChI=1S/C21H19FN4O2S/c1-3-28-21(27)16-9-25-18-11(2)6-12(22)7-14(18)19(16)26-5-4-13-15(8-23)20(24)29-17(13)10-26/h6-7,9H,3-5,10,24H2,1-2H3. The molecule has 29 heavy (non-hydrogen) atoms. The number of carbonyl (C=O) groups excluding carboxylic acids is 1. The Labute approximate surface area is 171 Å². The summed E-state index contributed by atoms with van der Waals surface area (Å²) in [6.45, 7) is 4.81. The molecule has 0 amide bonds. The van der Waals surface area contributed by atoms with Crippen molar-refractivity contribution >= 4 is 38.9 Å². The maximum Gasteiger partial charge on any atom is 0.341 e. The van der Waals surface area contributed by atoms with Crippen LogP contribution in [-0.2, 0) is 17.7 Å². The molecule has 0 saturated heterocycles. The summed E-state index contributed by atoms with van der Waals surface area (Å²) < 4.78 is 19.5. The molecule has 0 radical (unpaired) electrons. The average Bonchev–Trinajstić information content (AvgIpc) is 3.01. The van der Waals surface area contributed by atoms with E-state index in [0.29, 0.717) is 57.8 Å². The minimum Gasteiger partial charge on any atom is -0.462 e. The predicted molar refractivity (Wildman–Crippen MR) is 111 cm³/mol. The Hall–Kier alpha value is -3.18. The van der Waals surface area contributed by atoms with Gasteiger partial charge < -0.3 is 15.4 Å². The normalized spacial score (nSPS) is 13.2. The minimum absolute atomic E-state index is 0.232. The van der Waals surface area contributed by atoms with Gasteiger partial charge in [0.05, 0.1) is 29.9 Å². The molecule has 0 unspecified atom stereocenters. The Bertz CT molecular complexity index is 1180. The predicted octanol–water partition coefficient (Wildman–Crippen LogP) is 3.94. The van der Waals surface area contributed by atoms with E-state index >= 15 is 0 Å². The number of thiophene rings is 1. The van der Waals surface area contributed by atoms with E-state index in [9.17, 15) is 14.4 Å². The van der Waals surface area contributed by atoms with Crippen molar-refractivity contribution in [1.82, 2.24) is 4.98 Å². The van der Waals surface area contributed by atoms with Gasteiger partial charge in [0, 0.05) is 23.0 Å². The van der Waals surface area contributed by atoms with Crippen LogP contribution >= 0.6 is 11.3 Å². The number of pyridine rings is 1. The highest BCUT2D eigenvalue weighted by atomic mass is 32.1. The summed E-state index contributed by atoms with van der Waals surface area (Å²) in [7, 11) is 0. The molecule has 0 aliphatic carbocycles. The summed E-state index contributed by atoms with van der Waals surface area (Å²) in [6, 6.07) is 5.02. The second-order valence-corrected chi connectivity index (χ2v) is 8.02. The Morgan fingerprint density at radius 3 is 3.00 bits per heavy atom. The van der Waals surface area contributed by atoms with Crippen LogP contribution < -0.4 is 10.6 Å². The van der Waals surface area contributed by atoms with E-state index in [-0.39, 0.29) is 12.4 Å². The first-order chi connectivity index (χ1) is 13.9. The molecule has 1 aromatic carbocycles. The third kappa shape index (κ3) is 3.17. The van der Waals surface area contributed by atoms with Crippen molar-refractivity contribution in [2.45, 2.75) is 26.8 Å². The fourth-order valence-corrected chi connectivity index (χ4v) is 4.94. The van der Waals surface area contributed by atoms with Gasteiger partial charge in [0.2, 0.25) is 0 Å². The van der Waals surface area contributed by atoms with Gasteiger partial charge in [-0.1, -0.05) is 0 Å². The highest BCUT2D eigenvalue weighted by Crippen LogP contribution is 2.39. The molecule has 0 spiro atoms. The molecule has 3 aromatic rings. The SMILES string of the molecule is CCOC(=O)c1cnc2c(C)cc(F)cc2c1N1CCc2c(sc(N)c2C#N)C1. The number of nitrogen functional groups attached to an aromatic ring is 1. The van der Waals surface area contributed by atoms with Crippen molar-refractivity contribution in [3.63, 3.8) is 0 Å². The Balaban J connectivity index is 1.90. The fraction of sp³-hybridized carbons (Fsp3) is 0.286. The molecule has 1 aliphatic heterocycles. The molecule has 0 fully saturated rings. The summed E-state index contributed by atoms with van der Waals surface area (Å²) >= 11 is 1.38. The van der Waals surface area contributed by atoms with Gasteiger partial charge in [-0.25, -0.2) is 9.18 Å². The maximum atomic E-state index is 14.3. The number of fused-ring (bicyclic) bond motifs is 2. The van der Waals surface area contributed by atoms with Crippen molar-refractivity contribution in [1.29, 1.82) is 5.26 Å². The molecule has 1 aliphatic rings. The van der Waals surface area contributed by atoms with Gasteiger partial charge in [-0.05, 0) is 43.5 Å². The average molecular weight is 410 g/mol. The van der Waals surface area contributed by atoms with Crippen LogP contribution in [0.15, 0.2) is 18.3 Å². The lowest BCUT2D eigenvalue weighted by Gasteiger charge is -2.31. The van der Waals surface area contributed by atoms with Crippen LogP contribution in [0.3, 0.4) is 0 Å². The summed E-state index contributed by atoms with van der Waals surface area (Å²) in [4.78, 5) is 20.0. The van der Waals surface area contributed by atoms with Crippen LogP contribution in [0.4, 0.5) is 15.1 Å². The van der Waals surface area contributed by atoms with Gasteiger partial charge in [-0.3, -0.25) is 4.98 Å². The van der Waals surface area contributed by atoms with Gasteiger partial charge in [-0.15, -0.1) is 11.3 Å². The number of hydrogen-bond donors (Lipinski definition) is 1. The largest absolute Gasteiger partial charge is 0.462 e. The molecule has 4 rings (SSSR count). The summed E-state index contributed by atoms with van der Waals surface area (Å²) in [5.41, 5.74) is 9.75. The van der Waals surface area contributed by atoms with E-state index in [2.05, 4.69) is 11.1 Å². The topological polar surface area (TPSA) is 92.2 Å². The smallest absolute Gasteiger partial charge is 0.341 e. The number of esters is 1. The molecule has 8 heteroatoms. The van der Waals surface area contributed by atoms with E-state index in [1.54, 1.807) is 13.8 Å². The van der Waals surface area contributed by atoms with Crippen LogP contribution in [0.25, 0.3) is 10.9 Å². The minimum atomic E-state index is -0.493. The van der Waals surface area contributed by atoms with Gasteiger partial charge in [0.25, 0.3) is 0 Å². The number of hydrogen-bond acceptors (Lipinski definition) is 7. The molecule has 2 N–H and O–H groups in total. The number of nitrogens with two attached hydrogens (primary N) is 1. The monoisotopic (exact) mass is 410 g/mol. The molecular formula is C21H19FN4O2S. The molecule has 0 bridgehead atoms. The van der Waals surface area contributed by atoms with Crippen LogP contribution in [0.5, 0.6) is 0 Å². The number of nitrogens with zero attached hydrogens (tertiary/aromatic N) is 3. The highest BCUT2D eigenvalue weighted by molar-refractivity contribution is 7.16. The number of nitriles is 1. The molecule has 3 heterocycles. The quantitative estimate of drug-likeness (QED) is 0.658. The fourth-order valence-electron chi connectivity index (χ4n) is 3.86. The lowest BCUT2D eigenvalue weighted by molar-refractivity contribution is 0.0526. The zero-order valence-electron chi connectivity index (χ0n) is 16.1. The zero-order chi connectivity index (χ0) is 20.7. The van der Waals surface area contributed by atoms with E-state index < -0.39 is 5.97 Å². The second kappa shape index (κ2) is 7.33. The number of anilines is 2. The van der Waals surface area contributed by atoms with Gasteiger partial charge in [-0.2, -0.15) is 5.26 Å². The van der Waals surface area contributed by atoms with Crippen molar-refractivity contribution in [2.75, 3.05) is 23.8 Å². The summed E-state index contributed by atoms with van der Waals surface area (Å²) in [6.07, 6.45) is 2.12. The van der Waals surface area contributed by atoms with E-state index in [1.807, 2.05) is 4.90 Å². The Morgan fingerprint density at radius 2 is 2.28 bits per heavy atom. The van der Waals surface area contributed by atoms with E-state index in [1.165, 1.54) is 29.7 Å². The number of ether oxygens (including phenoxy) is 1. The van der Waals surface area contributed by atoms with Crippen molar-refractivity contribution in [2.24, 2.45) is 0 Å². The van der Waals surface area contributed by atoms with Crippen molar-refractivity contribution in [3.05, 3.63) is 51.3 Å². The van der Waals surface area contributed by atoms with Crippen molar-refractivity contribution < 1.29 is 13.9 Å². The molecule has 0 saturated carbocycles. The first-order valence-electron chi connectivity index (χ1n) is 9.25. The lowest BCUT2D eigenvalue weighted by atomic mass is 10.00. The third-order valence-electron chi connectivity index (χ3n) is 5.11. The molecule has 148 valence electrons. The molecule has 2 aromatic heterocycles. The van der Waals surface area contributed by atoms with Crippen LogP contribution in [0.1, 0.15) is 38.8 Å². The molecular weight excluding hydrogens is 391 g/mol. The Morgan fingerprint density at radius 1 is 1.48 bits per heavy atom. The highest BCUT2D eigenvalue weighted by Gasteiger charge is 2.28.